The molecule has 116 valence electrons. The number of hydrogen-bond donors (Lipinski definition) is 1. The molecular formula is C15H15BrN2O4. The van der Waals surface area contributed by atoms with Crippen molar-refractivity contribution in [3.8, 4) is 11.5 Å². The van der Waals surface area contributed by atoms with E-state index in [-0.39, 0.29) is 5.69 Å². The van der Waals surface area contributed by atoms with Crippen LogP contribution in [0.1, 0.15) is 5.56 Å². The molecule has 0 atom stereocenters. The molecule has 0 aliphatic carbocycles. The Bertz CT molecular complexity index is 691. The number of halogens is 1. The van der Waals surface area contributed by atoms with Crippen molar-refractivity contribution in [3.05, 3.63) is 56.5 Å². The standard InChI is InChI=1S/C15H15BrN2O4/c1-21-14-6-3-10(7-15(14)22-2)9-17-12-5-4-11(16)8-13(12)18(19)20/h3-8,17H,9H2,1-2H3. The van der Waals surface area contributed by atoms with Gasteiger partial charge in [-0.15, -0.1) is 0 Å². The Labute approximate surface area is 136 Å². The zero-order valence-corrected chi connectivity index (χ0v) is 13.7. The van der Waals surface area contributed by atoms with Crippen LogP contribution in [0.15, 0.2) is 40.9 Å². The van der Waals surface area contributed by atoms with Crippen LogP contribution in [0, 0.1) is 10.1 Å². The van der Waals surface area contributed by atoms with Crippen LogP contribution in [-0.4, -0.2) is 19.1 Å². The van der Waals surface area contributed by atoms with Gasteiger partial charge in [-0.2, -0.15) is 0 Å². The number of nitrogens with one attached hydrogen (secondary N) is 1. The number of rotatable bonds is 6. The molecule has 0 heterocycles. The molecule has 22 heavy (non-hydrogen) atoms. The molecule has 0 fully saturated rings. The normalized spacial score (nSPS) is 10.1. The molecule has 2 aromatic carbocycles. The molecule has 0 spiro atoms. The van der Waals surface area contributed by atoms with Gasteiger partial charge < -0.3 is 14.8 Å². The van der Waals surface area contributed by atoms with Crippen molar-refractivity contribution in [2.75, 3.05) is 19.5 Å². The molecule has 0 radical (unpaired) electrons. The maximum Gasteiger partial charge on any atom is 0.293 e. The molecule has 2 aromatic rings. The number of nitro groups is 1. The number of nitrogens with zero attached hydrogens (tertiary/aromatic N) is 1. The summed E-state index contributed by atoms with van der Waals surface area (Å²) < 4.78 is 11.1. The summed E-state index contributed by atoms with van der Waals surface area (Å²) in [7, 11) is 3.13. The number of benzene rings is 2. The molecular weight excluding hydrogens is 352 g/mol. The second kappa shape index (κ2) is 7.13. The maximum absolute atomic E-state index is 11.1. The second-order valence-electron chi connectivity index (χ2n) is 4.46. The first-order valence-corrected chi connectivity index (χ1v) is 7.23. The average molecular weight is 367 g/mol. The largest absolute Gasteiger partial charge is 0.493 e. The second-order valence-corrected chi connectivity index (χ2v) is 5.38. The first-order chi connectivity index (χ1) is 10.5. The van der Waals surface area contributed by atoms with Gasteiger partial charge >= 0.3 is 0 Å². The van der Waals surface area contributed by atoms with Crippen LogP contribution in [0.4, 0.5) is 11.4 Å². The minimum Gasteiger partial charge on any atom is -0.493 e. The van der Waals surface area contributed by atoms with Gasteiger partial charge in [0.05, 0.1) is 19.1 Å². The van der Waals surface area contributed by atoms with Crippen LogP contribution in [0.2, 0.25) is 0 Å². The number of nitro benzene ring substituents is 1. The lowest BCUT2D eigenvalue weighted by molar-refractivity contribution is -0.384. The van der Waals surface area contributed by atoms with E-state index >= 15 is 0 Å². The van der Waals surface area contributed by atoms with E-state index < -0.39 is 4.92 Å². The first-order valence-electron chi connectivity index (χ1n) is 6.44. The zero-order valence-electron chi connectivity index (χ0n) is 12.1. The third kappa shape index (κ3) is 3.67. The Hall–Kier alpha value is -2.28. The van der Waals surface area contributed by atoms with Gasteiger partial charge in [-0.25, -0.2) is 0 Å². The van der Waals surface area contributed by atoms with E-state index in [4.69, 9.17) is 9.47 Å². The number of methoxy groups -OCH3 is 2. The SMILES string of the molecule is COc1ccc(CNc2ccc(Br)cc2[N+](=O)[O-])cc1OC. The van der Waals surface area contributed by atoms with Crippen LogP contribution in [0.5, 0.6) is 11.5 Å². The summed E-state index contributed by atoms with van der Waals surface area (Å²) in [5, 5.41) is 14.1. The van der Waals surface area contributed by atoms with E-state index in [1.807, 2.05) is 12.1 Å². The first kappa shape index (κ1) is 16.1. The third-order valence-electron chi connectivity index (χ3n) is 3.09. The van der Waals surface area contributed by atoms with E-state index in [0.717, 1.165) is 5.56 Å². The van der Waals surface area contributed by atoms with Gasteiger partial charge in [-0.1, -0.05) is 22.0 Å². The molecule has 1 N–H and O–H groups in total. The van der Waals surface area contributed by atoms with Crippen molar-refractivity contribution in [1.82, 2.24) is 0 Å². The van der Waals surface area contributed by atoms with Crippen LogP contribution >= 0.6 is 15.9 Å². The van der Waals surface area contributed by atoms with Gasteiger partial charge in [0.15, 0.2) is 11.5 Å². The summed E-state index contributed by atoms with van der Waals surface area (Å²) in [5.41, 5.74) is 1.41. The molecule has 0 unspecified atom stereocenters. The Morgan fingerprint density at radius 2 is 1.86 bits per heavy atom. The predicted molar refractivity (Wildman–Crippen MR) is 87.7 cm³/mol. The average Bonchev–Trinajstić information content (AvgIpc) is 2.53. The van der Waals surface area contributed by atoms with E-state index in [9.17, 15) is 10.1 Å². The lowest BCUT2D eigenvalue weighted by atomic mass is 10.2. The molecule has 2 rings (SSSR count). The van der Waals surface area contributed by atoms with Gasteiger partial charge in [-0.05, 0) is 29.8 Å². The quantitative estimate of drug-likeness (QED) is 0.617. The minimum absolute atomic E-state index is 0.0230. The van der Waals surface area contributed by atoms with Crippen molar-refractivity contribution in [2.45, 2.75) is 6.54 Å². The van der Waals surface area contributed by atoms with Crippen molar-refractivity contribution in [3.63, 3.8) is 0 Å². The van der Waals surface area contributed by atoms with Gasteiger partial charge in [0, 0.05) is 17.1 Å². The van der Waals surface area contributed by atoms with Crippen LogP contribution in [0.3, 0.4) is 0 Å². The van der Waals surface area contributed by atoms with E-state index in [1.165, 1.54) is 6.07 Å². The fraction of sp³-hybridized carbons (Fsp3) is 0.200. The monoisotopic (exact) mass is 366 g/mol. The zero-order chi connectivity index (χ0) is 16.1. The Morgan fingerprint density at radius 1 is 1.14 bits per heavy atom. The summed E-state index contributed by atoms with van der Waals surface area (Å²) in [5.74, 6) is 1.26. The molecule has 0 aliphatic heterocycles. The van der Waals surface area contributed by atoms with Crippen LogP contribution in [0.25, 0.3) is 0 Å². The molecule has 0 amide bonds. The lowest BCUT2D eigenvalue weighted by Crippen LogP contribution is -2.03. The minimum atomic E-state index is -0.415. The molecule has 0 saturated heterocycles. The summed E-state index contributed by atoms with van der Waals surface area (Å²) in [6.07, 6.45) is 0. The number of hydrogen-bond acceptors (Lipinski definition) is 5. The number of anilines is 1. The van der Waals surface area contributed by atoms with Crippen molar-refractivity contribution in [2.24, 2.45) is 0 Å². The van der Waals surface area contributed by atoms with E-state index in [2.05, 4.69) is 21.2 Å². The highest BCUT2D eigenvalue weighted by Crippen LogP contribution is 2.30. The summed E-state index contributed by atoms with van der Waals surface area (Å²) in [4.78, 5) is 10.7. The molecule has 0 aromatic heterocycles. The Morgan fingerprint density at radius 3 is 2.50 bits per heavy atom. The van der Waals surface area contributed by atoms with Gasteiger partial charge in [-0.3, -0.25) is 10.1 Å². The van der Waals surface area contributed by atoms with Gasteiger partial charge in [0.2, 0.25) is 0 Å². The predicted octanol–water partition coefficient (Wildman–Crippen LogP) is 3.99. The van der Waals surface area contributed by atoms with Gasteiger partial charge in [0.25, 0.3) is 5.69 Å². The highest BCUT2D eigenvalue weighted by atomic mass is 79.9. The lowest BCUT2D eigenvalue weighted by Gasteiger charge is -2.11. The Kier molecular flexibility index (Phi) is 5.21. The smallest absolute Gasteiger partial charge is 0.293 e. The number of ether oxygens (including phenoxy) is 2. The molecule has 0 aliphatic rings. The van der Waals surface area contributed by atoms with E-state index in [1.54, 1.807) is 32.4 Å². The molecule has 7 heteroatoms. The molecule has 0 saturated carbocycles. The maximum atomic E-state index is 11.1. The summed E-state index contributed by atoms with van der Waals surface area (Å²) in [6, 6.07) is 10.4. The highest BCUT2D eigenvalue weighted by Gasteiger charge is 2.14. The summed E-state index contributed by atoms with van der Waals surface area (Å²) in [6.45, 7) is 0.433. The topological polar surface area (TPSA) is 73.6 Å². The van der Waals surface area contributed by atoms with Crippen molar-refractivity contribution in [1.29, 1.82) is 0 Å². The fourth-order valence-corrected chi connectivity index (χ4v) is 2.34. The van der Waals surface area contributed by atoms with Crippen LogP contribution < -0.4 is 14.8 Å². The van der Waals surface area contributed by atoms with Crippen LogP contribution in [-0.2, 0) is 6.54 Å². The van der Waals surface area contributed by atoms with Crippen molar-refractivity contribution < 1.29 is 14.4 Å². The molecule has 6 nitrogen and oxygen atoms in total. The Balaban J connectivity index is 2.18. The van der Waals surface area contributed by atoms with Gasteiger partial charge in [0.1, 0.15) is 5.69 Å². The summed E-state index contributed by atoms with van der Waals surface area (Å²) >= 11 is 3.23. The van der Waals surface area contributed by atoms with Crippen molar-refractivity contribution >= 4 is 27.3 Å². The van der Waals surface area contributed by atoms with E-state index in [0.29, 0.717) is 28.2 Å². The highest BCUT2D eigenvalue weighted by molar-refractivity contribution is 9.10. The molecule has 0 bridgehead atoms. The fourth-order valence-electron chi connectivity index (χ4n) is 1.99. The third-order valence-corrected chi connectivity index (χ3v) is 3.58.